The predicted molar refractivity (Wildman–Crippen MR) is 114 cm³/mol. The third-order valence-electron chi connectivity index (χ3n) is 4.24. The Morgan fingerprint density at radius 2 is 2.13 bits per heavy atom. The van der Waals surface area contributed by atoms with Gasteiger partial charge in [0.2, 0.25) is 11.8 Å². The number of anilines is 1. The first-order chi connectivity index (χ1) is 14.4. The number of thioether (sulfide) groups is 1. The Morgan fingerprint density at radius 1 is 1.40 bits per heavy atom. The fourth-order valence-electron chi connectivity index (χ4n) is 2.93. The molecule has 30 heavy (non-hydrogen) atoms. The maximum Gasteiger partial charge on any atom is 0.319 e. The highest BCUT2D eigenvalue weighted by atomic mass is 35.5. The number of benzene rings is 1. The molecule has 11 heteroatoms. The molecule has 0 saturated heterocycles. The maximum atomic E-state index is 12.7. The summed E-state index contributed by atoms with van der Waals surface area (Å²) in [5.74, 6) is -3.87. The number of nitrogens with one attached hydrogen (secondary N) is 2. The fourth-order valence-corrected chi connectivity index (χ4v) is 4.45. The first kappa shape index (κ1) is 21.8. The van der Waals surface area contributed by atoms with Gasteiger partial charge in [0.25, 0.3) is 0 Å². The highest BCUT2D eigenvalue weighted by Crippen LogP contribution is 2.40. The number of thiazole rings is 1. The van der Waals surface area contributed by atoms with Crippen molar-refractivity contribution >= 4 is 57.6 Å². The van der Waals surface area contributed by atoms with Crippen LogP contribution in [0.2, 0.25) is 5.02 Å². The van der Waals surface area contributed by atoms with E-state index in [9.17, 15) is 19.6 Å². The Labute approximate surface area is 185 Å². The lowest BCUT2D eigenvalue weighted by Crippen LogP contribution is -2.44. The van der Waals surface area contributed by atoms with E-state index in [-0.39, 0.29) is 22.3 Å². The van der Waals surface area contributed by atoms with Crippen molar-refractivity contribution in [2.24, 2.45) is 5.92 Å². The van der Waals surface area contributed by atoms with Crippen molar-refractivity contribution in [2.75, 3.05) is 18.2 Å². The Balaban J connectivity index is 1.91. The molecule has 2 N–H and O–H groups in total. The monoisotopic (exact) mass is 462 g/mol. The summed E-state index contributed by atoms with van der Waals surface area (Å²) in [6.07, 6.45) is 1.56. The van der Waals surface area contributed by atoms with E-state index < -0.39 is 23.7 Å². The Morgan fingerprint density at radius 3 is 2.73 bits per heavy atom. The molecule has 8 nitrogen and oxygen atoms in total. The molecular weight excluding hydrogens is 448 g/mol. The van der Waals surface area contributed by atoms with E-state index in [1.165, 1.54) is 18.4 Å². The second-order valence-corrected chi connectivity index (χ2v) is 8.36. The van der Waals surface area contributed by atoms with Crippen LogP contribution in [0.5, 0.6) is 0 Å². The second-order valence-electron chi connectivity index (χ2n) is 6.05. The first-order valence-electron chi connectivity index (χ1n) is 8.55. The van der Waals surface area contributed by atoms with Crippen LogP contribution in [0, 0.1) is 17.2 Å². The fraction of sp³-hybridized carbons (Fsp3) is 0.211. The van der Waals surface area contributed by atoms with E-state index in [1.54, 1.807) is 35.8 Å². The lowest BCUT2D eigenvalue weighted by Gasteiger charge is -2.30. The molecule has 0 saturated carbocycles. The van der Waals surface area contributed by atoms with Gasteiger partial charge in [0, 0.05) is 22.5 Å². The molecule has 0 fully saturated rings. The van der Waals surface area contributed by atoms with Gasteiger partial charge in [-0.25, -0.2) is 4.98 Å². The van der Waals surface area contributed by atoms with Crippen LogP contribution in [0.15, 0.2) is 46.4 Å². The highest BCUT2D eigenvalue weighted by Gasteiger charge is 2.44. The number of esters is 1. The minimum Gasteiger partial charge on any atom is -0.468 e. The number of hydrogen-bond acceptors (Lipinski definition) is 8. The van der Waals surface area contributed by atoms with Crippen molar-refractivity contribution in [2.45, 2.75) is 5.92 Å². The molecule has 3 rings (SSSR count). The van der Waals surface area contributed by atoms with Crippen molar-refractivity contribution in [3.63, 3.8) is 0 Å². The van der Waals surface area contributed by atoms with Crippen LogP contribution in [-0.4, -0.2) is 35.6 Å². The summed E-state index contributed by atoms with van der Waals surface area (Å²) >= 11 is 8.22. The lowest BCUT2D eigenvalue weighted by atomic mass is 9.78. The molecule has 1 aliphatic heterocycles. The number of halogens is 1. The van der Waals surface area contributed by atoms with Gasteiger partial charge >= 0.3 is 5.97 Å². The number of nitrogens with zero attached hydrogens (tertiary/aromatic N) is 2. The van der Waals surface area contributed by atoms with Gasteiger partial charge in [-0.2, -0.15) is 5.26 Å². The number of carbonyl (C=O) groups excluding carboxylic acids is 3. The van der Waals surface area contributed by atoms with Crippen LogP contribution in [0.3, 0.4) is 0 Å². The number of ether oxygens (including phenoxy) is 1. The molecule has 1 aromatic carbocycles. The molecule has 0 aliphatic carbocycles. The zero-order valence-corrected chi connectivity index (χ0v) is 17.9. The number of nitriles is 1. The van der Waals surface area contributed by atoms with Gasteiger partial charge in [-0.05, 0) is 17.7 Å². The van der Waals surface area contributed by atoms with Gasteiger partial charge in [-0.3, -0.25) is 14.4 Å². The van der Waals surface area contributed by atoms with Crippen molar-refractivity contribution in [3.8, 4) is 6.07 Å². The maximum absolute atomic E-state index is 12.7. The average molecular weight is 463 g/mol. The van der Waals surface area contributed by atoms with Gasteiger partial charge in [0.05, 0.1) is 29.5 Å². The molecule has 2 heterocycles. The van der Waals surface area contributed by atoms with Gasteiger partial charge in [0.15, 0.2) is 5.13 Å². The van der Waals surface area contributed by atoms with Gasteiger partial charge in [-0.1, -0.05) is 35.5 Å². The molecule has 1 aliphatic rings. The van der Waals surface area contributed by atoms with Crippen LogP contribution in [0.1, 0.15) is 11.5 Å². The van der Waals surface area contributed by atoms with E-state index in [1.807, 2.05) is 0 Å². The number of rotatable bonds is 6. The zero-order valence-electron chi connectivity index (χ0n) is 15.5. The lowest BCUT2D eigenvalue weighted by molar-refractivity contribution is -0.150. The largest absolute Gasteiger partial charge is 0.468 e. The number of aromatic nitrogens is 1. The van der Waals surface area contributed by atoms with Crippen LogP contribution in [0.4, 0.5) is 5.13 Å². The molecule has 0 bridgehead atoms. The Hall–Kier alpha value is -2.87. The summed E-state index contributed by atoms with van der Waals surface area (Å²) in [6, 6.07) is 8.60. The van der Waals surface area contributed by atoms with Crippen LogP contribution < -0.4 is 10.6 Å². The molecule has 2 atom stereocenters. The summed E-state index contributed by atoms with van der Waals surface area (Å²) in [4.78, 5) is 41.2. The van der Waals surface area contributed by atoms with Crippen molar-refractivity contribution < 1.29 is 19.1 Å². The van der Waals surface area contributed by atoms with E-state index in [0.29, 0.717) is 15.7 Å². The van der Waals surface area contributed by atoms with Crippen molar-refractivity contribution in [1.82, 2.24) is 10.3 Å². The molecule has 0 spiro atoms. The topological polar surface area (TPSA) is 121 Å². The number of hydrogen-bond donors (Lipinski definition) is 2. The Kier molecular flexibility index (Phi) is 7.10. The SMILES string of the molecule is COC(=O)[C@@H]1C(=O)NC(SCC(=O)Nc2nccs2)=C(C#N)[C@@H]1c1ccc(Cl)cc1. The van der Waals surface area contributed by atoms with Gasteiger partial charge in [-0.15, -0.1) is 11.3 Å². The van der Waals surface area contributed by atoms with Crippen LogP contribution >= 0.6 is 34.7 Å². The molecule has 2 amide bonds. The van der Waals surface area contributed by atoms with E-state index in [0.717, 1.165) is 11.8 Å². The van der Waals surface area contributed by atoms with Gasteiger partial charge < -0.3 is 15.4 Å². The van der Waals surface area contributed by atoms with E-state index in [4.69, 9.17) is 16.3 Å². The molecule has 0 unspecified atom stereocenters. The smallest absolute Gasteiger partial charge is 0.319 e. The summed E-state index contributed by atoms with van der Waals surface area (Å²) in [7, 11) is 1.18. The minimum absolute atomic E-state index is 0.0589. The summed E-state index contributed by atoms with van der Waals surface area (Å²) in [5.41, 5.74) is 0.728. The number of allylic oxidation sites excluding steroid dienone is 1. The Bertz CT molecular complexity index is 1030. The van der Waals surface area contributed by atoms with Crippen molar-refractivity contribution in [3.05, 3.63) is 57.0 Å². The molecule has 1 aromatic heterocycles. The predicted octanol–water partition coefficient (Wildman–Crippen LogP) is 2.91. The second kappa shape index (κ2) is 9.75. The van der Waals surface area contributed by atoms with Crippen molar-refractivity contribution in [1.29, 1.82) is 5.26 Å². The third-order valence-corrected chi connectivity index (χ3v) is 6.20. The number of carbonyl (C=O) groups is 3. The summed E-state index contributed by atoms with van der Waals surface area (Å²) in [5, 5.41) is 17.9. The van der Waals surface area contributed by atoms with E-state index in [2.05, 4.69) is 21.7 Å². The average Bonchev–Trinajstić information content (AvgIpc) is 3.24. The van der Waals surface area contributed by atoms with Gasteiger partial charge in [0.1, 0.15) is 5.92 Å². The number of methoxy groups -OCH3 is 1. The minimum atomic E-state index is -1.24. The normalized spacial score (nSPS) is 18.4. The molecule has 154 valence electrons. The van der Waals surface area contributed by atoms with Crippen LogP contribution in [0.25, 0.3) is 0 Å². The first-order valence-corrected chi connectivity index (χ1v) is 10.8. The highest BCUT2D eigenvalue weighted by molar-refractivity contribution is 8.03. The quantitative estimate of drug-likeness (QED) is 0.500. The molecule has 2 aromatic rings. The summed E-state index contributed by atoms with van der Waals surface area (Å²) in [6.45, 7) is 0. The molecule has 0 radical (unpaired) electrons. The third kappa shape index (κ3) is 4.81. The standard InChI is InChI=1S/C19H15ClN4O4S2/c1-28-18(27)15-14(10-2-4-11(20)5-3-10)12(8-21)17(24-16(15)26)30-9-13(25)23-19-22-6-7-29-19/h2-7,14-15H,9H2,1H3,(H,24,26)(H,22,23,25)/t14-,15-/m0/s1. The number of amides is 2. The van der Waals surface area contributed by atoms with E-state index >= 15 is 0 Å². The zero-order chi connectivity index (χ0) is 21.7. The summed E-state index contributed by atoms with van der Waals surface area (Å²) < 4.78 is 4.79. The van der Waals surface area contributed by atoms with Crippen LogP contribution in [-0.2, 0) is 19.1 Å². The molecular formula is C19H15ClN4O4S2.